The van der Waals surface area contributed by atoms with Crippen LogP contribution in [-0.4, -0.2) is 49.1 Å². The van der Waals surface area contributed by atoms with Crippen molar-refractivity contribution < 1.29 is 100 Å². The number of unbranched alkanes of at least 4 members (excludes halogenated alkanes) is 2. The van der Waals surface area contributed by atoms with Crippen LogP contribution in [-0.2, 0) is 14.8 Å². The second-order valence-electron chi connectivity index (χ2n) is 5.20. The van der Waals surface area contributed by atoms with E-state index in [9.17, 15) is 49.1 Å². The summed E-state index contributed by atoms with van der Waals surface area (Å²) >= 11 is 0. The first kappa shape index (κ1) is 28.7. The maximum atomic E-state index is 13.8. The van der Waals surface area contributed by atoms with Crippen LogP contribution in [0.5, 0.6) is 0 Å². The summed E-state index contributed by atoms with van der Waals surface area (Å²) in [5.74, 6) is -7.14. The fraction of sp³-hybridized carbons (Fsp3) is 0.917. The molecule has 0 radical (unpaired) electrons. The molecule has 150 valence electrons. The molecule has 0 saturated heterocycles. The Labute approximate surface area is 188 Å². The third-order valence-electron chi connectivity index (χ3n) is 3.20. The molecule has 0 N–H and O–H groups in total. The first-order valence-corrected chi connectivity index (χ1v) is 8.54. The van der Waals surface area contributed by atoms with Gasteiger partial charge in [0, 0.05) is 19.4 Å². The van der Waals surface area contributed by atoms with E-state index in [0.29, 0.717) is 0 Å². The molecule has 0 saturated carbocycles. The Hall–Kier alpha value is 0.526. The fourth-order valence-electron chi connectivity index (χ4n) is 1.86. The van der Waals surface area contributed by atoms with Crippen LogP contribution in [0.2, 0.25) is 0 Å². The van der Waals surface area contributed by atoms with Crippen molar-refractivity contribution in [3.8, 4) is 0 Å². The summed E-state index contributed by atoms with van der Waals surface area (Å²) in [5, 5.41) is 4.76. The number of aliphatic carboxylic acids is 1. The zero-order chi connectivity index (χ0) is 20.1. The smallest absolute Gasteiger partial charge is 0.549 e. The van der Waals surface area contributed by atoms with Crippen LogP contribution >= 0.6 is 0 Å². The van der Waals surface area contributed by atoms with Gasteiger partial charge in [-0.3, -0.25) is 0 Å². The predicted octanol–water partition coefficient (Wildman–Crippen LogP) is -0.867. The van der Waals surface area contributed by atoms with Gasteiger partial charge in [0.1, 0.15) is 0 Å². The molecule has 0 aromatic heterocycles. The van der Waals surface area contributed by atoms with E-state index in [-0.39, 0.29) is 55.7 Å². The Bertz CT molecular complexity index is 554. The number of carboxylic acids is 1. The van der Waals surface area contributed by atoms with Crippen LogP contribution in [0.1, 0.15) is 39.0 Å². The Morgan fingerprint density at radius 1 is 0.962 bits per heavy atom. The molecule has 0 bridgehead atoms. The van der Waals surface area contributed by atoms with E-state index < -0.39 is 78.5 Å². The number of nitrogens with zero attached hydrogens (tertiary/aromatic N) is 1. The van der Waals surface area contributed by atoms with E-state index in [0.717, 1.165) is 6.92 Å². The van der Waals surface area contributed by atoms with Gasteiger partial charge in [0.05, 0.1) is 12.5 Å². The maximum Gasteiger partial charge on any atom is 1.00 e. The number of carboxylic acid groups (broad SMARTS) is 1. The van der Waals surface area contributed by atoms with Crippen LogP contribution in [0.4, 0.5) is 30.7 Å². The standard InChI is InChI=1S/C12H18F7NO4S.K/c1-2-20(8-9(21)22)25(23,24)12(18,19)10(13,14)6-4-3-5-7-11(15,16)17;/h2-8H2,1H3,(H,21,22);/q;+1/p-1. The summed E-state index contributed by atoms with van der Waals surface area (Å²) in [7, 11) is -6.02. The molecule has 0 amide bonds. The second kappa shape index (κ2) is 10.9. The van der Waals surface area contributed by atoms with Gasteiger partial charge in [-0.1, -0.05) is 13.3 Å². The molecule has 5 nitrogen and oxygen atoms in total. The average molecular weight is 443 g/mol. The molecule has 14 heteroatoms. The summed E-state index contributed by atoms with van der Waals surface area (Å²) in [5.41, 5.74) is 0. The van der Waals surface area contributed by atoms with Gasteiger partial charge in [-0.05, 0) is 12.8 Å². The third kappa shape index (κ3) is 8.27. The van der Waals surface area contributed by atoms with Crippen molar-refractivity contribution >= 4 is 16.0 Å². The Morgan fingerprint density at radius 3 is 1.81 bits per heavy atom. The van der Waals surface area contributed by atoms with Crippen LogP contribution in [0.15, 0.2) is 0 Å². The zero-order valence-corrected chi connectivity index (χ0v) is 18.0. The number of sulfonamides is 1. The van der Waals surface area contributed by atoms with E-state index in [1.807, 2.05) is 0 Å². The van der Waals surface area contributed by atoms with Gasteiger partial charge >= 0.3 is 68.7 Å². The number of hydrogen-bond donors (Lipinski definition) is 0. The van der Waals surface area contributed by atoms with Gasteiger partial charge in [0.25, 0.3) is 10.0 Å². The molecular formula is C12H17F7KNO4S. The van der Waals surface area contributed by atoms with E-state index >= 15 is 0 Å². The first-order valence-electron chi connectivity index (χ1n) is 7.10. The van der Waals surface area contributed by atoms with Gasteiger partial charge in [0.15, 0.2) is 0 Å². The molecule has 0 spiro atoms. The molecule has 0 aliphatic rings. The second-order valence-corrected chi connectivity index (χ2v) is 7.18. The molecule has 0 unspecified atom stereocenters. The quantitative estimate of drug-likeness (QED) is 0.236. The molecule has 0 aliphatic carbocycles. The number of carbonyl (C=O) groups excluding carboxylic acids is 1. The van der Waals surface area contributed by atoms with Crippen LogP contribution < -0.4 is 56.5 Å². The van der Waals surface area contributed by atoms with Gasteiger partial charge in [-0.2, -0.15) is 35.0 Å². The summed E-state index contributed by atoms with van der Waals surface area (Å²) < 4.78 is 113. The largest absolute Gasteiger partial charge is 1.00 e. The molecule has 0 rings (SSSR count). The first-order chi connectivity index (χ1) is 11.1. The summed E-state index contributed by atoms with van der Waals surface area (Å²) in [6.07, 6.45) is -9.24. The summed E-state index contributed by atoms with van der Waals surface area (Å²) in [4.78, 5) is 10.4. The van der Waals surface area contributed by atoms with Crippen LogP contribution in [0.3, 0.4) is 0 Å². The predicted molar refractivity (Wildman–Crippen MR) is 70.2 cm³/mol. The molecule has 0 aromatic rings. The number of rotatable bonds is 11. The van der Waals surface area contributed by atoms with Crippen LogP contribution in [0.25, 0.3) is 0 Å². The number of likely N-dealkylation sites (N-methyl/N-ethyl adjacent to an activating group) is 1. The minimum absolute atomic E-state index is 0. The topological polar surface area (TPSA) is 77.5 Å². The van der Waals surface area contributed by atoms with Gasteiger partial charge < -0.3 is 9.90 Å². The molecular weight excluding hydrogens is 426 g/mol. The molecule has 0 aromatic carbocycles. The Kier molecular flexibility index (Phi) is 12.1. The summed E-state index contributed by atoms with van der Waals surface area (Å²) in [6.45, 7) is -1.38. The molecule has 0 fully saturated rings. The van der Waals surface area contributed by atoms with E-state index in [4.69, 9.17) is 0 Å². The minimum Gasteiger partial charge on any atom is -0.549 e. The van der Waals surface area contributed by atoms with Crippen molar-refractivity contribution in [2.24, 2.45) is 0 Å². The SMILES string of the molecule is CCN(CC(=O)[O-])S(=O)(=O)C(F)(F)C(F)(F)CCCCCC(F)(F)F.[K+]. The Balaban J connectivity index is 0. The number of carbonyl (C=O) groups is 1. The van der Waals surface area contributed by atoms with Crippen molar-refractivity contribution in [3.63, 3.8) is 0 Å². The van der Waals surface area contributed by atoms with Crippen LogP contribution in [0, 0.1) is 0 Å². The van der Waals surface area contributed by atoms with Gasteiger partial charge in [-0.15, -0.1) is 0 Å². The number of halogens is 7. The normalized spacial score (nSPS) is 13.6. The number of alkyl halides is 7. The van der Waals surface area contributed by atoms with Crippen molar-refractivity contribution in [1.29, 1.82) is 0 Å². The third-order valence-corrected chi connectivity index (χ3v) is 5.21. The molecule has 0 heterocycles. The van der Waals surface area contributed by atoms with Crippen molar-refractivity contribution in [2.45, 2.75) is 56.4 Å². The van der Waals surface area contributed by atoms with E-state index in [2.05, 4.69) is 0 Å². The minimum atomic E-state index is -6.02. The van der Waals surface area contributed by atoms with Crippen molar-refractivity contribution in [3.05, 3.63) is 0 Å². The molecule has 26 heavy (non-hydrogen) atoms. The zero-order valence-electron chi connectivity index (χ0n) is 14.1. The van der Waals surface area contributed by atoms with E-state index in [1.165, 1.54) is 0 Å². The van der Waals surface area contributed by atoms with E-state index in [1.54, 1.807) is 0 Å². The summed E-state index contributed by atoms with van der Waals surface area (Å²) in [6, 6.07) is 0. The van der Waals surface area contributed by atoms with Gasteiger partial charge in [-0.25, -0.2) is 8.42 Å². The molecule has 0 aliphatic heterocycles. The maximum absolute atomic E-state index is 13.8. The Morgan fingerprint density at radius 2 is 1.42 bits per heavy atom. The average Bonchev–Trinajstić information content (AvgIpc) is 2.42. The monoisotopic (exact) mass is 443 g/mol. The van der Waals surface area contributed by atoms with Gasteiger partial charge in [0.2, 0.25) is 0 Å². The fourth-order valence-corrected chi connectivity index (χ4v) is 3.28. The number of hydrogen-bond acceptors (Lipinski definition) is 4. The van der Waals surface area contributed by atoms with Crippen molar-refractivity contribution in [1.82, 2.24) is 4.31 Å². The molecule has 0 atom stereocenters. The van der Waals surface area contributed by atoms with Crippen molar-refractivity contribution in [2.75, 3.05) is 13.1 Å².